The van der Waals surface area contributed by atoms with Gasteiger partial charge in [-0.05, 0) is 51.0 Å². The Balaban J connectivity index is 2.16. The number of amides is 1. The molecule has 0 bridgehead atoms. The maximum atomic E-state index is 12.6. The highest BCUT2D eigenvalue weighted by Crippen LogP contribution is 2.37. The van der Waals surface area contributed by atoms with E-state index in [2.05, 4.69) is 4.98 Å². The van der Waals surface area contributed by atoms with Crippen LogP contribution in [0.1, 0.15) is 47.5 Å². The number of nitrogens with zero attached hydrogens (tertiary/aromatic N) is 2. The average Bonchev–Trinajstić information content (AvgIpc) is 3.01. The van der Waals surface area contributed by atoms with Crippen molar-refractivity contribution < 1.29 is 14.3 Å². The van der Waals surface area contributed by atoms with E-state index in [1.54, 1.807) is 48.6 Å². The Hall–Kier alpha value is -2.05. The first-order valence-electron chi connectivity index (χ1n) is 9.17. The van der Waals surface area contributed by atoms with Crippen molar-refractivity contribution in [1.29, 1.82) is 0 Å². The second-order valence-corrected chi connectivity index (χ2v) is 8.17. The predicted octanol–water partition coefficient (Wildman–Crippen LogP) is 5.44. The van der Waals surface area contributed by atoms with Gasteiger partial charge in [0.25, 0.3) is 0 Å². The second kappa shape index (κ2) is 9.94. The van der Waals surface area contributed by atoms with E-state index in [4.69, 9.17) is 21.1 Å². The van der Waals surface area contributed by atoms with Gasteiger partial charge in [0, 0.05) is 18.0 Å². The maximum Gasteiger partial charge on any atom is 0.246 e. The number of thiazole rings is 1. The maximum absolute atomic E-state index is 12.6. The van der Waals surface area contributed by atoms with Crippen LogP contribution in [0.5, 0.6) is 11.5 Å². The van der Waals surface area contributed by atoms with E-state index in [9.17, 15) is 4.79 Å². The van der Waals surface area contributed by atoms with E-state index < -0.39 is 0 Å². The molecule has 1 heterocycles. The molecule has 0 N–H and O–H groups in total. The number of carbonyl (C=O) groups excluding carboxylic acids is 1. The first-order chi connectivity index (χ1) is 13.3. The highest BCUT2D eigenvalue weighted by molar-refractivity contribution is 7.11. The quantitative estimate of drug-likeness (QED) is 0.531. The number of hydrogen-bond acceptors (Lipinski definition) is 5. The molecule has 2 rings (SSSR count). The van der Waals surface area contributed by atoms with Gasteiger partial charge in [-0.1, -0.05) is 18.5 Å². The number of benzene rings is 1. The van der Waals surface area contributed by atoms with Gasteiger partial charge in [0.2, 0.25) is 5.91 Å². The van der Waals surface area contributed by atoms with Crippen LogP contribution in [0.2, 0.25) is 5.02 Å². The Bertz CT molecular complexity index is 864. The molecule has 1 aromatic heterocycles. The van der Waals surface area contributed by atoms with Gasteiger partial charge < -0.3 is 14.4 Å². The van der Waals surface area contributed by atoms with Gasteiger partial charge in [-0.15, -0.1) is 11.3 Å². The summed E-state index contributed by atoms with van der Waals surface area (Å²) in [7, 11) is 3.36. The number of aromatic nitrogens is 1. The monoisotopic (exact) mass is 422 g/mol. The van der Waals surface area contributed by atoms with Crippen molar-refractivity contribution in [2.45, 2.75) is 40.2 Å². The molecule has 1 atom stereocenters. The SMILES string of the molecule is CCCOc1c(Cl)cc(/C=C/C(=O)N(C)C(C)c2sc(C)nc2C)cc1OC. The van der Waals surface area contributed by atoms with Gasteiger partial charge in [-0.3, -0.25) is 4.79 Å². The Labute approximate surface area is 175 Å². The fourth-order valence-electron chi connectivity index (χ4n) is 2.77. The number of likely N-dealkylation sites (N-methyl/N-ethyl adjacent to an activating group) is 1. The second-order valence-electron chi connectivity index (χ2n) is 6.52. The van der Waals surface area contributed by atoms with Crippen LogP contribution < -0.4 is 9.47 Å². The van der Waals surface area contributed by atoms with Gasteiger partial charge in [0.05, 0.1) is 35.5 Å². The number of carbonyl (C=O) groups is 1. The summed E-state index contributed by atoms with van der Waals surface area (Å²) in [6, 6.07) is 3.52. The minimum absolute atomic E-state index is 0.0497. The van der Waals surface area contributed by atoms with E-state index in [0.29, 0.717) is 23.1 Å². The lowest BCUT2D eigenvalue weighted by molar-refractivity contribution is -0.126. The van der Waals surface area contributed by atoms with Crippen LogP contribution in [0.25, 0.3) is 6.08 Å². The topological polar surface area (TPSA) is 51.7 Å². The molecular weight excluding hydrogens is 396 g/mol. The number of ether oxygens (including phenoxy) is 2. The molecular formula is C21H27ClN2O3S. The van der Waals surface area contributed by atoms with Gasteiger partial charge >= 0.3 is 0 Å². The molecule has 0 aliphatic rings. The molecule has 5 nitrogen and oxygen atoms in total. The zero-order valence-electron chi connectivity index (χ0n) is 17.2. The van der Waals surface area contributed by atoms with Crippen molar-refractivity contribution in [1.82, 2.24) is 9.88 Å². The first kappa shape index (κ1) is 22.2. The van der Waals surface area contributed by atoms with E-state index >= 15 is 0 Å². The normalized spacial score (nSPS) is 12.2. The summed E-state index contributed by atoms with van der Waals surface area (Å²) in [4.78, 5) is 19.9. The third-order valence-corrected chi connectivity index (χ3v) is 5.89. The Kier molecular flexibility index (Phi) is 7.89. The molecule has 1 amide bonds. The third-order valence-electron chi connectivity index (χ3n) is 4.37. The largest absolute Gasteiger partial charge is 0.493 e. The smallest absolute Gasteiger partial charge is 0.246 e. The van der Waals surface area contributed by atoms with Crippen LogP contribution in [-0.2, 0) is 4.79 Å². The summed E-state index contributed by atoms with van der Waals surface area (Å²) in [5.74, 6) is 0.973. The van der Waals surface area contributed by atoms with Crippen LogP contribution in [0, 0.1) is 13.8 Å². The lowest BCUT2D eigenvalue weighted by Gasteiger charge is -2.23. The predicted molar refractivity (Wildman–Crippen MR) is 116 cm³/mol. The molecule has 7 heteroatoms. The van der Waals surface area contributed by atoms with E-state index in [1.807, 2.05) is 27.7 Å². The lowest BCUT2D eigenvalue weighted by atomic mass is 10.1. The van der Waals surface area contributed by atoms with Crippen LogP contribution in [0.15, 0.2) is 18.2 Å². The van der Waals surface area contributed by atoms with Crippen molar-refractivity contribution in [3.8, 4) is 11.5 Å². The van der Waals surface area contributed by atoms with Crippen molar-refractivity contribution >= 4 is 34.9 Å². The van der Waals surface area contributed by atoms with Gasteiger partial charge in [0.1, 0.15) is 0 Å². The van der Waals surface area contributed by atoms with Crippen molar-refractivity contribution in [3.05, 3.63) is 44.4 Å². The van der Waals surface area contributed by atoms with Crippen molar-refractivity contribution in [3.63, 3.8) is 0 Å². The van der Waals surface area contributed by atoms with Gasteiger partial charge in [0.15, 0.2) is 11.5 Å². The molecule has 28 heavy (non-hydrogen) atoms. The zero-order valence-corrected chi connectivity index (χ0v) is 18.8. The molecule has 1 aromatic carbocycles. The van der Waals surface area contributed by atoms with Gasteiger partial charge in [-0.25, -0.2) is 4.98 Å². The number of hydrogen-bond donors (Lipinski definition) is 0. The molecule has 0 fully saturated rings. The minimum Gasteiger partial charge on any atom is -0.493 e. The van der Waals surface area contributed by atoms with Crippen LogP contribution in [0.4, 0.5) is 0 Å². The third kappa shape index (κ3) is 5.26. The van der Waals surface area contributed by atoms with E-state index in [0.717, 1.165) is 27.6 Å². The first-order valence-corrected chi connectivity index (χ1v) is 10.4. The molecule has 0 spiro atoms. The number of aryl methyl sites for hydroxylation is 2. The van der Waals surface area contributed by atoms with Gasteiger partial charge in [-0.2, -0.15) is 0 Å². The number of methoxy groups -OCH3 is 1. The summed E-state index contributed by atoms with van der Waals surface area (Å²) < 4.78 is 11.0. The fraction of sp³-hybridized carbons (Fsp3) is 0.429. The number of rotatable bonds is 8. The Morgan fingerprint density at radius 3 is 2.68 bits per heavy atom. The highest BCUT2D eigenvalue weighted by Gasteiger charge is 2.20. The lowest BCUT2D eigenvalue weighted by Crippen LogP contribution is -2.27. The summed E-state index contributed by atoms with van der Waals surface area (Å²) >= 11 is 7.96. The molecule has 0 radical (unpaired) electrons. The number of halogens is 1. The Morgan fingerprint density at radius 2 is 2.11 bits per heavy atom. The Morgan fingerprint density at radius 1 is 1.39 bits per heavy atom. The van der Waals surface area contributed by atoms with Crippen LogP contribution >= 0.6 is 22.9 Å². The molecule has 152 valence electrons. The summed E-state index contributed by atoms with van der Waals surface area (Å²) in [6.07, 6.45) is 4.14. The zero-order chi connectivity index (χ0) is 20.8. The molecule has 0 aliphatic heterocycles. The molecule has 0 aliphatic carbocycles. The minimum atomic E-state index is -0.0978. The molecule has 0 saturated carbocycles. The summed E-state index contributed by atoms with van der Waals surface area (Å²) in [6.45, 7) is 8.53. The average molecular weight is 423 g/mol. The van der Waals surface area contributed by atoms with Crippen molar-refractivity contribution in [2.75, 3.05) is 20.8 Å². The van der Waals surface area contributed by atoms with Crippen molar-refractivity contribution in [2.24, 2.45) is 0 Å². The van der Waals surface area contributed by atoms with Crippen LogP contribution in [0.3, 0.4) is 0 Å². The fourth-order valence-corrected chi connectivity index (χ4v) is 4.06. The highest BCUT2D eigenvalue weighted by atomic mass is 35.5. The van der Waals surface area contributed by atoms with E-state index in [-0.39, 0.29) is 11.9 Å². The molecule has 0 saturated heterocycles. The van der Waals surface area contributed by atoms with E-state index in [1.165, 1.54) is 6.08 Å². The standard InChI is InChI=1S/C21H27ClN2O3S/c1-7-10-27-20-17(22)11-16(12-18(20)26-6)8-9-19(25)24(5)14(3)21-13(2)23-15(4)28-21/h8-9,11-12,14H,7,10H2,1-6H3/b9-8+. The summed E-state index contributed by atoms with van der Waals surface area (Å²) in [5.41, 5.74) is 1.74. The van der Waals surface area contributed by atoms with Crippen LogP contribution in [-0.4, -0.2) is 36.6 Å². The summed E-state index contributed by atoms with van der Waals surface area (Å²) in [5, 5.41) is 1.46. The molecule has 2 aromatic rings. The molecule has 1 unspecified atom stereocenters.